The third-order valence-corrected chi connectivity index (χ3v) is 2.95. The molecule has 1 rings (SSSR count). The van der Waals surface area contributed by atoms with Crippen molar-refractivity contribution in [1.82, 2.24) is 0 Å². The van der Waals surface area contributed by atoms with Gasteiger partial charge in [-0.25, -0.2) is 0 Å². The summed E-state index contributed by atoms with van der Waals surface area (Å²) in [7, 11) is 0. The van der Waals surface area contributed by atoms with E-state index in [1.54, 1.807) is 0 Å². The highest BCUT2D eigenvalue weighted by atomic mass is 16.5. The minimum Gasteiger partial charge on any atom is -0.431 e. The molecule has 0 spiro atoms. The molecule has 0 atom stereocenters. The third kappa shape index (κ3) is 5.34. The van der Waals surface area contributed by atoms with E-state index in [9.17, 15) is 4.79 Å². The predicted octanol–water partition coefficient (Wildman–Crippen LogP) is 4.20. The van der Waals surface area contributed by atoms with E-state index in [4.69, 9.17) is 4.74 Å². The highest BCUT2D eigenvalue weighted by Crippen LogP contribution is 2.18. The van der Waals surface area contributed by atoms with Gasteiger partial charge in [-0.2, -0.15) is 0 Å². The summed E-state index contributed by atoms with van der Waals surface area (Å²) in [6.07, 6.45) is 11.7. The summed E-state index contributed by atoms with van der Waals surface area (Å²) < 4.78 is 5.41. The molecule has 0 saturated carbocycles. The van der Waals surface area contributed by atoms with Crippen molar-refractivity contribution in [2.24, 2.45) is 5.92 Å². The van der Waals surface area contributed by atoms with Crippen LogP contribution in [0.1, 0.15) is 65.2 Å². The number of hydrogen-bond acceptors (Lipinski definition) is 2. The highest BCUT2D eigenvalue weighted by Gasteiger charge is 2.11. The van der Waals surface area contributed by atoms with Crippen LogP contribution in [0, 0.1) is 5.92 Å². The Labute approximate surface area is 99.1 Å². The van der Waals surface area contributed by atoms with Gasteiger partial charge in [0.2, 0.25) is 0 Å². The number of esters is 1. The average molecular weight is 224 g/mol. The molecule has 0 heterocycles. The first kappa shape index (κ1) is 13.3. The monoisotopic (exact) mass is 224 g/mol. The van der Waals surface area contributed by atoms with Crippen molar-refractivity contribution in [2.75, 3.05) is 0 Å². The van der Waals surface area contributed by atoms with Crippen LogP contribution in [-0.2, 0) is 9.53 Å². The van der Waals surface area contributed by atoms with Gasteiger partial charge in [-0.3, -0.25) is 4.79 Å². The average Bonchev–Trinajstić information content (AvgIpc) is 2.27. The summed E-state index contributed by atoms with van der Waals surface area (Å²) in [5.41, 5.74) is 0. The summed E-state index contributed by atoms with van der Waals surface area (Å²) >= 11 is 0. The van der Waals surface area contributed by atoms with Crippen molar-refractivity contribution in [1.29, 1.82) is 0 Å². The van der Waals surface area contributed by atoms with Crippen LogP contribution in [0.25, 0.3) is 0 Å². The SMILES string of the molecule is CC(C)C(=O)O/C1=C/CCCCCCCC1. The minimum absolute atomic E-state index is 0.0312. The molecular weight excluding hydrogens is 200 g/mol. The minimum atomic E-state index is -0.0942. The van der Waals surface area contributed by atoms with Gasteiger partial charge in [0.1, 0.15) is 5.76 Å². The molecule has 1 aliphatic carbocycles. The van der Waals surface area contributed by atoms with Crippen molar-refractivity contribution in [3.8, 4) is 0 Å². The maximum atomic E-state index is 11.5. The first-order valence-electron chi connectivity index (χ1n) is 6.61. The molecule has 16 heavy (non-hydrogen) atoms. The van der Waals surface area contributed by atoms with Gasteiger partial charge < -0.3 is 4.74 Å². The van der Waals surface area contributed by atoms with Gasteiger partial charge in [-0.15, -0.1) is 0 Å². The van der Waals surface area contributed by atoms with Gasteiger partial charge in [0.05, 0.1) is 5.92 Å². The third-order valence-electron chi connectivity index (χ3n) is 2.95. The zero-order valence-corrected chi connectivity index (χ0v) is 10.6. The molecule has 0 bridgehead atoms. The Kier molecular flexibility index (Phi) is 6.20. The Balaban J connectivity index is 2.46. The van der Waals surface area contributed by atoms with Crippen molar-refractivity contribution in [3.63, 3.8) is 0 Å². The smallest absolute Gasteiger partial charge is 0.313 e. The fourth-order valence-corrected chi connectivity index (χ4v) is 1.86. The van der Waals surface area contributed by atoms with E-state index in [0.717, 1.165) is 25.0 Å². The van der Waals surface area contributed by atoms with Gasteiger partial charge in [-0.1, -0.05) is 39.5 Å². The van der Waals surface area contributed by atoms with Crippen molar-refractivity contribution in [3.05, 3.63) is 11.8 Å². The molecule has 0 radical (unpaired) electrons. The molecule has 0 aromatic heterocycles. The van der Waals surface area contributed by atoms with E-state index in [1.807, 2.05) is 13.8 Å². The van der Waals surface area contributed by atoms with Crippen LogP contribution in [0.3, 0.4) is 0 Å². The zero-order chi connectivity index (χ0) is 11.8. The quantitative estimate of drug-likeness (QED) is 0.657. The standard InChI is InChI=1S/C14H24O2/c1-12(2)14(15)16-13-10-8-6-4-3-5-7-9-11-13/h10,12H,3-9,11H2,1-2H3/b13-10+. The Morgan fingerprint density at radius 1 is 1.12 bits per heavy atom. The van der Waals surface area contributed by atoms with Crippen LogP contribution >= 0.6 is 0 Å². The van der Waals surface area contributed by atoms with Crippen LogP contribution < -0.4 is 0 Å². The molecular formula is C14H24O2. The van der Waals surface area contributed by atoms with E-state index in [-0.39, 0.29) is 11.9 Å². The number of carbonyl (C=O) groups excluding carboxylic acids is 1. The molecule has 1 aliphatic rings. The molecule has 2 heteroatoms. The van der Waals surface area contributed by atoms with Crippen LogP contribution in [-0.4, -0.2) is 5.97 Å². The Morgan fingerprint density at radius 3 is 2.44 bits per heavy atom. The van der Waals surface area contributed by atoms with E-state index >= 15 is 0 Å². The number of carbonyl (C=O) groups is 1. The lowest BCUT2D eigenvalue weighted by Crippen LogP contribution is -2.11. The van der Waals surface area contributed by atoms with Crippen LogP contribution in [0.15, 0.2) is 11.8 Å². The molecule has 0 N–H and O–H groups in total. The van der Waals surface area contributed by atoms with Crippen LogP contribution in [0.2, 0.25) is 0 Å². The fourth-order valence-electron chi connectivity index (χ4n) is 1.86. The number of ether oxygens (including phenoxy) is 1. The second-order valence-electron chi connectivity index (χ2n) is 4.91. The molecule has 0 amide bonds. The number of rotatable bonds is 2. The van der Waals surface area contributed by atoms with E-state index in [2.05, 4.69) is 6.08 Å². The Bertz CT molecular complexity index is 241. The van der Waals surface area contributed by atoms with Gasteiger partial charge in [0.15, 0.2) is 0 Å². The molecule has 0 aliphatic heterocycles. The lowest BCUT2D eigenvalue weighted by Gasteiger charge is -2.12. The molecule has 0 aromatic carbocycles. The topological polar surface area (TPSA) is 26.3 Å². The first-order valence-corrected chi connectivity index (χ1v) is 6.61. The number of hydrogen-bond donors (Lipinski definition) is 0. The van der Waals surface area contributed by atoms with Gasteiger partial charge in [0.25, 0.3) is 0 Å². The molecule has 0 aromatic rings. The summed E-state index contributed by atoms with van der Waals surface area (Å²) in [4.78, 5) is 11.5. The Morgan fingerprint density at radius 2 is 1.75 bits per heavy atom. The number of allylic oxidation sites excluding steroid dienone is 2. The van der Waals surface area contributed by atoms with Crippen molar-refractivity contribution < 1.29 is 9.53 Å². The largest absolute Gasteiger partial charge is 0.431 e. The molecule has 0 saturated heterocycles. The molecule has 2 nitrogen and oxygen atoms in total. The normalized spacial score (nSPS) is 22.3. The van der Waals surface area contributed by atoms with E-state index in [0.29, 0.717) is 0 Å². The maximum Gasteiger partial charge on any atom is 0.313 e. The lowest BCUT2D eigenvalue weighted by molar-refractivity contribution is -0.143. The zero-order valence-electron chi connectivity index (χ0n) is 10.6. The van der Waals surface area contributed by atoms with Gasteiger partial charge in [0, 0.05) is 6.42 Å². The highest BCUT2D eigenvalue weighted by molar-refractivity contribution is 5.72. The summed E-state index contributed by atoms with van der Waals surface area (Å²) in [5, 5.41) is 0. The fraction of sp³-hybridized carbons (Fsp3) is 0.786. The maximum absolute atomic E-state index is 11.5. The first-order chi connectivity index (χ1) is 7.70. The second-order valence-corrected chi connectivity index (χ2v) is 4.91. The van der Waals surface area contributed by atoms with Gasteiger partial charge >= 0.3 is 5.97 Å². The van der Waals surface area contributed by atoms with Gasteiger partial charge in [-0.05, 0) is 25.3 Å². The van der Waals surface area contributed by atoms with Crippen LogP contribution in [0.4, 0.5) is 0 Å². The van der Waals surface area contributed by atoms with Crippen molar-refractivity contribution >= 4 is 5.97 Å². The molecule has 92 valence electrons. The summed E-state index contributed by atoms with van der Waals surface area (Å²) in [5.74, 6) is 0.778. The Hall–Kier alpha value is -0.790. The molecule has 0 unspecified atom stereocenters. The predicted molar refractivity (Wildman–Crippen MR) is 65.9 cm³/mol. The lowest BCUT2D eigenvalue weighted by atomic mass is 10.0. The van der Waals surface area contributed by atoms with Crippen LogP contribution in [0.5, 0.6) is 0 Å². The van der Waals surface area contributed by atoms with E-state index < -0.39 is 0 Å². The van der Waals surface area contributed by atoms with E-state index in [1.165, 1.54) is 32.1 Å². The molecule has 0 fully saturated rings. The summed E-state index contributed by atoms with van der Waals surface area (Å²) in [6.45, 7) is 3.76. The van der Waals surface area contributed by atoms with Crippen molar-refractivity contribution in [2.45, 2.75) is 65.2 Å². The summed E-state index contributed by atoms with van der Waals surface area (Å²) in [6, 6.07) is 0. The second kappa shape index (κ2) is 7.48.